The van der Waals surface area contributed by atoms with Gasteiger partial charge in [0.05, 0.1) is 13.0 Å². The molecule has 3 atom stereocenters. The molecule has 2 saturated heterocycles. The Hall–Kier alpha value is -2.72. The first-order chi connectivity index (χ1) is 15.7. The highest BCUT2D eigenvalue weighted by atomic mass is 16.5. The van der Waals surface area contributed by atoms with Crippen LogP contribution in [0.4, 0.5) is 0 Å². The molecule has 32 heavy (non-hydrogen) atoms. The zero-order valence-corrected chi connectivity index (χ0v) is 18.6. The van der Waals surface area contributed by atoms with E-state index >= 15 is 0 Å². The van der Waals surface area contributed by atoms with Gasteiger partial charge in [0, 0.05) is 55.7 Å². The Morgan fingerprint density at radius 2 is 2.00 bits per heavy atom. The van der Waals surface area contributed by atoms with Crippen LogP contribution in [-0.4, -0.2) is 77.8 Å². The van der Waals surface area contributed by atoms with E-state index in [0.29, 0.717) is 19.6 Å². The molecule has 1 aromatic heterocycles. The zero-order chi connectivity index (χ0) is 22.3. The molecule has 2 aromatic rings. The molecule has 1 N–H and O–H groups in total. The molecule has 2 fully saturated rings. The summed E-state index contributed by atoms with van der Waals surface area (Å²) in [6.07, 6.45) is 4.07. The van der Waals surface area contributed by atoms with Crippen LogP contribution in [0.1, 0.15) is 35.6 Å². The van der Waals surface area contributed by atoms with E-state index in [0.717, 1.165) is 37.2 Å². The second-order valence-electron chi connectivity index (χ2n) is 8.48. The van der Waals surface area contributed by atoms with Crippen molar-refractivity contribution < 1.29 is 14.6 Å². The third-order valence-corrected chi connectivity index (χ3v) is 6.53. The van der Waals surface area contributed by atoms with E-state index in [4.69, 9.17) is 4.74 Å². The van der Waals surface area contributed by atoms with Crippen LogP contribution in [-0.2, 0) is 16.0 Å². The lowest BCUT2D eigenvalue weighted by Gasteiger charge is -2.57. The number of carbonyl (C=O) groups excluding carboxylic acids is 1. The van der Waals surface area contributed by atoms with Gasteiger partial charge in [-0.15, -0.1) is 0 Å². The number of methoxy groups -OCH3 is 1. The van der Waals surface area contributed by atoms with Gasteiger partial charge in [0.2, 0.25) is 5.91 Å². The first-order valence-corrected chi connectivity index (χ1v) is 11.3. The third kappa shape index (κ3) is 5.02. The molecule has 4 rings (SSSR count). The molecule has 168 valence electrons. The van der Waals surface area contributed by atoms with Gasteiger partial charge in [-0.3, -0.25) is 14.7 Å². The van der Waals surface area contributed by atoms with Gasteiger partial charge in [-0.05, 0) is 49.2 Å². The molecule has 0 unspecified atom stereocenters. The Morgan fingerprint density at radius 1 is 1.19 bits per heavy atom. The van der Waals surface area contributed by atoms with E-state index in [2.05, 4.69) is 33.9 Å². The molecule has 0 radical (unpaired) electrons. The first-order valence-electron chi connectivity index (χ1n) is 11.3. The lowest BCUT2D eigenvalue weighted by atomic mass is 9.74. The summed E-state index contributed by atoms with van der Waals surface area (Å²) in [7, 11) is 1.63. The van der Waals surface area contributed by atoms with Crippen molar-refractivity contribution in [3.05, 3.63) is 65.5 Å². The zero-order valence-electron chi connectivity index (χ0n) is 18.6. The fourth-order valence-electron chi connectivity index (χ4n) is 4.94. The van der Waals surface area contributed by atoms with Gasteiger partial charge in [0.15, 0.2) is 0 Å². The van der Waals surface area contributed by atoms with Gasteiger partial charge in [-0.2, -0.15) is 0 Å². The lowest BCUT2D eigenvalue weighted by Crippen LogP contribution is -2.68. The molecule has 0 saturated carbocycles. The van der Waals surface area contributed by atoms with Crippen molar-refractivity contribution in [1.29, 1.82) is 0 Å². The van der Waals surface area contributed by atoms with Gasteiger partial charge in [0.1, 0.15) is 6.61 Å². The number of aliphatic hydroxyl groups is 1. The number of benzene rings is 1. The number of carbonyl (C=O) groups is 1. The van der Waals surface area contributed by atoms with Crippen molar-refractivity contribution in [3.63, 3.8) is 0 Å². The molecule has 1 amide bonds. The second-order valence-corrected chi connectivity index (χ2v) is 8.48. The van der Waals surface area contributed by atoms with Crippen molar-refractivity contribution in [2.24, 2.45) is 0 Å². The summed E-state index contributed by atoms with van der Waals surface area (Å²) in [5, 5.41) is 10.1. The van der Waals surface area contributed by atoms with Crippen molar-refractivity contribution in [3.8, 4) is 11.8 Å². The second kappa shape index (κ2) is 10.7. The largest absolute Gasteiger partial charge is 0.395 e. The maximum atomic E-state index is 13.1. The predicted molar refractivity (Wildman–Crippen MR) is 123 cm³/mol. The van der Waals surface area contributed by atoms with Crippen LogP contribution in [0, 0.1) is 11.8 Å². The number of aliphatic hydroxyl groups excluding tert-OH is 1. The Labute approximate surface area is 190 Å². The minimum atomic E-state index is 0.0938. The average molecular weight is 434 g/mol. The van der Waals surface area contributed by atoms with Gasteiger partial charge in [-0.25, -0.2) is 0 Å². The number of hydrogen-bond donors (Lipinski definition) is 1. The molecule has 1 aromatic carbocycles. The van der Waals surface area contributed by atoms with Crippen LogP contribution >= 0.6 is 0 Å². The molecule has 3 heterocycles. The van der Waals surface area contributed by atoms with Crippen molar-refractivity contribution in [2.45, 2.75) is 37.3 Å². The summed E-state index contributed by atoms with van der Waals surface area (Å²) < 4.78 is 4.99. The number of aromatic nitrogens is 1. The molecule has 0 aliphatic carbocycles. The molecule has 6 heteroatoms. The van der Waals surface area contributed by atoms with Crippen LogP contribution in [0.2, 0.25) is 0 Å². The van der Waals surface area contributed by atoms with Crippen LogP contribution < -0.4 is 0 Å². The Bertz CT molecular complexity index is 952. The predicted octanol–water partition coefficient (Wildman–Crippen LogP) is 2.07. The van der Waals surface area contributed by atoms with Crippen LogP contribution in [0.25, 0.3) is 0 Å². The van der Waals surface area contributed by atoms with Crippen molar-refractivity contribution in [2.75, 3.05) is 40.0 Å². The summed E-state index contributed by atoms with van der Waals surface area (Å²) in [5.41, 5.74) is 2.95. The molecular formula is C26H31N3O3. The van der Waals surface area contributed by atoms with Crippen LogP contribution in [0.15, 0.2) is 48.7 Å². The maximum Gasteiger partial charge on any atom is 0.228 e. The molecule has 2 aliphatic heterocycles. The summed E-state index contributed by atoms with van der Waals surface area (Å²) >= 11 is 0. The molecule has 0 bridgehead atoms. The lowest BCUT2D eigenvalue weighted by molar-refractivity contribution is -0.135. The summed E-state index contributed by atoms with van der Waals surface area (Å²) in [5.74, 6) is 6.40. The smallest absolute Gasteiger partial charge is 0.228 e. The number of amides is 1. The summed E-state index contributed by atoms with van der Waals surface area (Å²) in [4.78, 5) is 21.8. The topological polar surface area (TPSA) is 65.9 Å². The number of pyridine rings is 1. The maximum absolute atomic E-state index is 13.1. The van der Waals surface area contributed by atoms with Gasteiger partial charge < -0.3 is 14.7 Å². The molecule has 0 spiro atoms. The SMILES string of the molecule is COCC#Cc1ccc([C@H]2[C@H](CO)N3CCCCN(C(=O)Cc4ccccn4)C[C@@H]23)cc1. The monoisotopic (exact) mass is 433 g/mol. The number of hydrogen-bond acceptors (Lipinski definition) is 5. The van der Waals surface area contributed by atoms with E-state index in [1.807, 2.05) is 35.2 Å². The Kier molecular flexibility index (Phi) is 7.54. The van der Waals surface area contributed by atoms with Gasteiger partial charge in [0.25, 0.3) is 0 Å². The van der Waals surface area contributed by atoms with Crippen LogP contribution in [0.5, 0.6) is 0 Å². The van der Waals surface area contributed by atoms with Crippen LogP contribution in [0.3, 0.4) is 0 Å². The van der Waals surface area contributed by atoms with Gasteiger partial charge >= 0.3 is 0 Å². The number of nitrogens with zero attached hydrogens (tertiary/aromatic N) is 3. The highest BCUT2D eigenvalue weighted by Crippen LogP contribution is 2.42. The fourth-order valence-corrected chi connectivity index (χ4v) is 4.94. The van der Waals surface area contributed by atoms with E-state index in [1.165, 1.54) is 5.56 Å². The third-order valence-electron chi connectivity index (χ3n) is 6.53. The summed E-state index contributed by atoms with van der Waals surface area (Å²) in [6.45, 7) is 2.97. The molecule has 2 aliphatic rings. The number of rotatable bonds is 5. The van der Waals surface area contributed by atoms with E-state index in [-0.39, 0.29) is 30.5 Å². The molecule has 6 nitrogen and oxygen atoms in total. The van der Waals surface area contributed by atoms with Gasteiger partial charge in [-0.1, -0.05) is 30.0 Å². The highest BCUT2D eigenvalue weighted by Gasteiger charge is 2.49. The fraction of sp³-hybridized carbons (Fsp3) is 0.462. The number of ether oxygens (including phenoxy) is 1. The Balaban J connectivity index is 1.50. The average Bonchev–Trinajstić information content (AvgIpc) is 2.80. The first kappa shape index (κ1) is 22.5. The van der Waals surface area contributed by atoms with E-state index < -0.39 is 0 Å². The number of fused-ring (bicyclic) bond motifs is 1. The van der Waals surface area contributed by atoms with E-state index in [9.17, 15) is 9.90 Å². The Morgan fingerprint density at radius 3 is 2.72 bits per heavy atom. The standard InChI is InChI=1S/C26H31N3O3/c1-32-16-6-7-20-9-11-21(12-10-20)26-23-18-28(14-4-5-15-29(23)24(26)19-30)25(31)17-22-8-2-3-13-27-22/h2-3,8-13,23-24,26,30H,4-5,14-19H2,1H3/t23-,24-,26+/m0/s1. The minimum absolute atomic E-state index is 0.0938. The van der Waals surface area contributed by atoms with E-state index in [1.54, 1.807) is 13.3 Å². The minimum Gasteiger partial charge on any atom is -0.395 e. The molecular weight excluding hydrogens is 402 g/mol. The highest BCUT2D eigenvalue weighted by molar-refractivity contribution is 5.78. The quantitative estimate of drug-likeness (QED) is 0.732. The normalized spacial score (nSPS) is 23.2. The van der Waals surface area contributed by atoms with Crippen molar-refractivity contribution >= 4 is 5.91 Å². The summed E-state index contributed by atoms with van der Waals surface area (Å²) in [6, 6.07) is 14.3. The van der Waals surface area contributed by atoms with Crippen molar-refractivity contribution in [1.82, 2.24) is 14.8 Å².